The van der Waals surface area contributed by atoms with Crippen LogP contribution < -0.4 is 16.6 Å². The van der Waals surface area contributed by atoms with E-state index in [0.29, 0.717) is 11.3 Å². The van der Waals surface area contributed by atoms with Crippen LogP contribution in [0, 0.1) is 0 Å². The fourth-order valence-corrected chi connectivity index (χ4v) is 4.64. The van der Waals surface area contributed by atoms with E-state index < -0.39 is 33.9 Å². The summed E-state index contributed by atoms with van der Waals surface area (Å²) in [6.07, 6.45) is 1.75. The molecule has 2 unspecified atom stereocenters. The van der Waals surface area contributed by atoms with Crippen LogP contribution in [0.5, 0.6) is 0 Å². The summed E-state index contributed by atoms with van der Waals surface area (Å²) >= 11 is 0. The third-order valence-corrected chi connectivity index (χ3v) is 6.72. The summed E-state index contributed by atoms with van der Waals surface area (Å²) in [6.45, 7) is 1.48. The number of hydrogen-bond donors (Lipinski definition) is 2. The van der Waals surface area contributed by atoms with Crippen molar-refractivity contribution in [1.29, 1.82) is 0 Å². The van der Waals surface area contributed by atoms with E-state index in [4.69, 9.17) is 5.73 Å². The molecular formula is C19H22N4O5S. The molecule has 3 N–H and O–H groups in total. The van der Waals surface area contributed by atoms with Gasteiger partial charge in [0.05, 0.1) is 5.75 Å². The Hall–Kier alpha value is -2.98. The van der Waals surface area contributed by atoms with E-state index in [1.165, 1.54) is 17.6 Å². The minimum Gasteiger partial charge on any atom is -0.368 e. The van der Waals surface area contributed by atoms with E-state index in [2.05, 4.69) is 5.32 Å². The molecule has 2 aromatic rings. The number of carbonyl (C=O) groups is 2. The fourth-order valence-electron chi connectivity index (χ4n) is 3.32. The lowest BCUT2D eigenvalue weighted by atomic mass is 10.1. The van der Waals surface area contributed by atoms with E-state index in [1.54, 1.807) is 42.6 Å². The number of amides is 2. The number of pyridine rings is 1. The number of nitrogens with two attached hydrogens (primary N) is 1. The van der Waals surface area contributed by atoms with Gasteiger partial charge in [0.2, 0.25) is 15.9 Å². The summed E-state index contributed by atoms with van der Waals surface area (Å²) in [4.78, 5) is 36.1. The minimum absolute atomic E-state index is 0.00693. The number of benzene rings is 1. The number of carbonyl (C=O) groups excluding carboxylic acids is 2. The SMILES string of the molecule is CCS(=O)(=O)N1CC(NC(=O)c2ccc(-n3ccccc3=O)cc2)CC1C(N)=O. The first-order chi connectivity index (χ1) is 13.7. The van der Waals surface area contributed by atoms with Gasteiger partial charge in [0, 0.05) is 36.1 Å². The monoisotopic (exact) mass is 418 g/mol. The summed E-state index contributed by atoms with van der Waals surface area (Å²) in [6, 6.07) is 9.74. The third kappa shape index (κ3) is 4.38. The lowest BCUT2D eigenvalue weighted by Crippen LogP contribution is -2.44. The Balaban J connectivity index is 1.73. The molecule has 1 saturated heterocycles. The van der Waals surface area contributed by atoms with Crippen LogP contribution in [0.15, 0.2) is 53.5 Å². The topological polar surface area (TPSA) is 132 Å². The molecule has 29 heavy (non-hydrogen) atoms. The molecule has 154 valence electrons. The first-order valence-corrected chi connectivity index (χ1v) is 10.7. The first kappa shape index (κ1) is 20.7. The van der Waals surface area contributed by atoms with Crippen molar-refractivity contribution in [3.05, 3.63) is 64.6 Å². The minimum atomic E-state index is -3.62. The smallest absolute Gasteiger partial charge is 0.255 e. The van der Waals surface area contributed by atoms with Gasteiger partial charge in [0.15, 0.2) is 0 Å². The van der Waals surface area contributed by atoms with Crippen LogP contribution in [-0.2, 0) is 14.8 Å². The molecule has 0 aliphatic carbocycles. The molecule has 1 aromatic heterocycles. The van der Waals surface area contributed by atoms with E-state index in [-0.39, 0.29) is 24.3 Å². The van der Waals surface area contributed by atoms with Gasteiger partial charge in [-0.15, -0.1) is 0 Å². The molecule has 1 aromatic carbocycles. The van der Waals surface area contributed by atoms with Gasteiger partial charge in [-0.2, -0.15) is 4.31 Å². The average molecular weight is 418 g/mol. The van der Waals surface area contributed by atoms with Crippen molar-refractivity contribution in [2.75, 3.05) is 12.3 Å². The standard InChI is InChI=1S/C19H22N4O5S/c1-2-29(27,28)23-12-14(11-16(23)18(20)25)21-19(26)13-6-8-15(9-7-13)22-10-4-3-5-17(22)24/h3-10,14,16H,2,11-12H2,1H3,(H2,20,25)(H,21,26). The zero-order chi connectivity index (χ0) is 21.2. The molecule has 0 bridgehead atoms. The second-order valence-corrected chi connectivity index (χ2v) is 8.96. The van der Waals surface area contributed by atoms with E-state index in [1.807, 2.05) is 0 Å². The van der Waals surface area contributed by atoms with Gasteiger partial charge in [-0.3, -0.25) is 19.0 Å². The second kappa shape index (κ2) is 8.18. The number of primary amides is 1. The van der Waals surface area contributed by atoms with Crippen LogP contribution in [-0.4, -0.2) is 53.5 Å². The Bertz CT molecular complexity index is 1080. The lowest BCUT2D eigenvalue weighted by molar-refractivity contribution is -0.121. The van der Waals surface area contributed by atoms with Gasteiger partial charge in [-0.05, 0) is 43.7 Å². The highest BCUT2D eigenvalue weighted by Crippen LogP contribution is 2.22. The molecule has 0 saturated carbocycles. The van der Waals surface area contributed by atoms with Gasteiger partial charge in [-0.1, -0.05) is 6.07 Å². The molecule has 2 amide bonds. The average Bonchev–Trinajstić information content (AvgIpc) is 3.13. The maximum atomic E-state index is 12.6. The molecule has 1 aliphatic heterocycles. The van der Waals surface area contributed by atoms with E-state index in [9.17, 15) is 22.8 Å². The van der Waals surface area contributed by atoms with Crippen LogP contribution in [0.4, 0.5) is 0 Å². The molecule has 0 radical (unpaired) electrons. The zero-order valence-electron chi connectivity index (χ0n) is 15.8. The maximum absolute atomic E-state index is 12.6. The molecule has 2 heterocycles. The summed E-state index contributed by atoms with van der Waals surface area (Å²) in [5.74, 6) is -1.30. The van der Waals surface area contributed by atoms with Gasteiger partial charge < -0.3 is 11.1 Å². The molecule has 9 nitrogen and oxygen atoms in total. The summed E-state index contributed by atoms with van der Waals surface area (Å²) < 4.78 is 26.9. The van der Waals surface area contributed by atoms with E-state index in [0.717, 1.165) is 4.31 Å². The highest BCUT2D eigenvalue weighted by atomic mass is 32.2. The van der Waals surface area contributed by atoms with Gasteiger partial charge in [-0.25, -0.2) is 8.42 Å². The van der Waals surface area contributed by atoms with Crippen LogP contribution in [0.3, 0.4) is 0 Å². The van der Waals surface area contributed by atoms with Crippen molar-refractivity contribution in [2.24, 2.45) is 5.73 Å². The molecule has 3 rings (SSSR count). The van der Waals surface area contributed by atoms with Crippen LogP contribution >= 0.6 is 0 Å². The van der Waals surface area contributed by atoms with Crippen LogP contribution in [0.2, 0.25) is 0 Å². The molecule has 1 aliphatic rings. The second-order valence-electron chi connectivity index (χ2n) is 6.75. The summed E-state index contributed by atoms with van der Waals surface area (Å²) in [5, 5.41) is 2.76. The van der Waals surface area contributed by atoms with Crippen molar-refractivity contribution >= 4 is 21.8 Å². The molecule has 10 heteroatoms. The Kier molecular flexibility index (Phi) is 5.85. The zero-order valence-corrected chi connectivity index (χ0v) is 16.6. The Morgan fingerprint density at radius 1 is 1.17 bits per heavy atom. The van der Waals surface area contributed by atoms with Crippen LogP contribution in [0.1, 0.15) is 23.7 Å². The van der Waals surface area contributed by atoms with Crippen molar-refractivity contribution < 1.29 is 18.0 Å². The molecule has 0 spiro atoms. The number of sulfonamides is 1. The largest absolute Gasteiger partial charge is 0.368 e. The Morgan fingerprint density at radius 3 is 2.45 bits per heavy atom. The van der Waals surface area contributed by atoms with Gasteiger partial charge in [0.25, 0.3) is 11.5 Å². The van der Waals surface area contributed by atoms with Crippen molar-refractivity contribution in [3.63, 3.8) is 0 Å². The number of rotatable bonds is 6. The third-order valence-electron chi connectivity index (χ3n) is 4.87. The fraction of sp³-hybridized carbons (Fsp3) is 0.316. The predicted molar refractivity (Wildman–Crippen MR) is 107 cm³/mol. The molecular weight excluding hydrogens is 396 g/mol. The van der Waals surface area contributed by atoms with Gasteiger partial charge in [0.1, 0.15) is 6.04 Å². The molecule has 1 fully saturated rings. The van der Waals surface area contributed by atoms with Crippen molar-refractivity contribution in [3.8, 4) is 5.69 Å². The number of aromatic nitrogens is 1. The number of nitrogens with zero attached hydrogens (tertiary/aromatic N) is 2. The van der Waals surface area contributed by atoms with Crippen molar-refractivity contribution in [2.45, 2.75) is 25.4 Å². The summed E-state index contributed by atoms with van der Waals surface area (Å²) in [7, 11) is -3.62. The van der Waals surface area contributed by atoms with Gasteiger partial charge >= 0.3 is 0 Å². The predicted octanol–water partition coefficient (Wildman–Crippen LogP) is -0.155. The maximum Gasteiger partial charge on any atom is 0.255 e. The van der Waals surface area contributed by atoms with Crippen LogP contribution in [0.25, 0.3) is 5.69 Å². The Morgan fingerprint density at radius 2 is 1.86 bits per heavy atom. The normalized spacial score (nSPS) is 19.8. The quantitative estimate of drug-likeness (QED) is 0.673. The molecule has 2 atom stereocenters. The first-order valence-electron chi connectivity index (χ1n) is 9.10. The number of nitrogens with one attached hydrogen (secondary N) is 1. The van der Waals surface area contributed by atoms with Crippen molar-refractivity contribution in [1.82, 2.24) is 14.2 Å². The highest BCUT2D eigenvalue weighted by molar-refractivity contribution is 7.89. The lowest BCUT2D eigenvalue weighted by Gasteiger charge is -2.20. The summed E-state index contributed by atoms with van der Waals surface area (Å²) in [5.41, 5.74) is 6.12. The van der Waals surface area contributed by atoms with E-state index >= 15 is 0 Å². The highest BCUT2D eigenvalue weighted by Gasteiger charge is 2.42. The number of hydrogen-bond acceptors (Lipinski definition) is 5. The Labute approximate surface area is 168 Å².